The van der Waals surface area contributed by atoms with Crippen molar-refractivity contribution in [2.75, 3.05) is 0 Å². The van der Waals surface area contributed by atoms with Crippen LogP contribution < -0.4 is 0 Å². The van der Waals surface area contributed by atoms with E-state index in [1.54, 1.807) is 24.6 Å². The Hall–Kier alpha value is -0.840. The molecular weight excluding hydrogens is 212 g/mol. The summed E-state index contributed by atoms with van der Waals surface area (Å²) in [6, 6.07) is 0.107. The predicted octanol–water partition coefficient (Wildman–Crippen LogP) is 1.95. The summed E-state index contributed by atoms with van der Waals surface area (Å²) in [7, 11) is -3.28. The number of rotatable bonds is 3. The lowest BCUT2D eigenvalue weighted by molar-refractivity contribution is 0.508. The molecule has 86 valence electrons. The van der Waals surface area contributed by atoms with Crippen molar-refractivity contribution in [1.29, 1.82) is 0 Å². The molecule has 0 aliphatic carbocycles. The van der Waals surface area contributed by atoms with Crippen LogP contribution in [0.15, 0.2) is 11.4 Å². The van der Waals surface area contributed by atoms with Crippen molar-refractivity contribution in [3.63, 3.8) is 0 Å². The molecule has 0 aliphatic heterocycles. The highest BCUT2D eigenvalue weighted by atomic mass is 32.2. The molecule has 0 saturated carbocycles. The Bertz CT molecular complexity index is 444. The van der Waals surface area contributed by atoms with Crippen LogP contribution in [-0.4, -0.2) is 23.2 Å². The zero-order chi connectivity index (χ0) is 11.8. The molecule has 1 heterocycles. The molecule has 4 nitrogen and oxygen atoms in total. The maximum absolute atomic E-state index is 12.0. The Balaban J connectivity index is 3.40. The molecular formula is C10H18N2O2S. The Labute approximate surface area is 91.3 Å². The highest BCUT2D eigenvalue weighted by molar-refractivity contribution is 7.91. The number of nitrogens with zero attached hydrogens (tertiary/aromatic N) is 2. The van der Waals surface area contributed by atoms with Crippen LogP contribution in [0.2, 0.25) is 0 Å². The van der Waals surface area contributed by atoms with E-state index in [1.807, 2.05) is 20.8 Å². The fraction of sp³-hybridized carbons (Fsp3) is 0.700. The summed E-state index contributed by atoms with van der Waals surface area (Å²) in [5.74, 6) is 0. The minimum Gasteiger partial charge on any atom is -0.317 e. The lowest BCUT2D eigenvalue weighted by Crippen LogP contribution is -2.20. The maximum Gasteiger partial charge on any atom is 0.228 e. The van der Waals surface area contributed by atoms with Gasteiger partial charge in [0.15, 0.2) is 0 Å². The van der Waals surface area contributed by atoms with Gasteiger partial charge in [0.2, 0.25) is 15.0 Å². The molecule has 0 bridgehead atoms. The SMILES string of the molecule is Cc1cnc(S(=O)(=O)C(C)C)n1C(C)C. The van der Waals surface area contributed by atoms with Crippen LogP contribution in [0.4, 0.5) is 0 Å². The number of sulfone groups is 1. The topological polar surface area (TPSA) is 52.0 Å². The van der Waals surface area contributed by atoms with Crippen LogP contribution >= 0.6 is 0 Å². The standard InChI is InChI=1S/C10H18N2O2S/c1-7(2)12-9(5)6-11-10(12)15(13,14)8(3)4/h6-8H,1-5H3. The zero-order valence-corrected chi connectivity index (χ0v) is 10.7. The highest BCUT2D eigenvalue weighted by Crippen LogP contribution is 2.20. The van der Waals surface area contributed by atoms with Crippen molar-refractivity contribution in [2.24, 2.45) is 0 Å². The normalized spacial score (nSPS) is 12.7. The van der Waals surface area contributed by atoms with Crippen molar-refractivity contribution in [2.45, 2.75) is 51.1 Å². The van der Waals surface area contributed by atoms with Crippen LogP contribution in [0.3, 0.4) is 0 Å². The van der Waals surface area contributed by atoms with Crippen LogP contribution in [0.25, 0.3) is 0 Å². The molecule has 0 fully saturated rings. The van der Waals surface area contributed by atoms with Gasteiger partial charge in [0, 0.05) is 17.9 Å². The van der Waals surface area contributed by atoms with E-state index in [0.29, 0.717) is 0 Å². The Morgan fingerprint density at radius 3 is 2.20 bits per heavy atom. The molecule has 0 amide bonds. The molecule has 0 aliphatic rings. The number of hydrogen-bond donors (Lipinski definition) is 0. The first-order valence-electron chi connectivity index (χ1n) is 5.06. The first kappa shape index (κ1) is 12.2. The molecule has 0 N–H and O–H groups in total. The van der Waals surface area contributed by atoms with Gasteiger partial charge in [0.05, 0.1) is 5.25 Å². The third-order valence-electron chi connectivity index (χ3n) is 2.34. The predicted molar refractivity (Wildman–Crippen MR) is 59.7 cm³/mol. The quantitative estimate of drug-likeness (QED) is 0.797. The molecule has 5 heteroatoms. The van der Waals surface area contributed by atoms with Gasteiger partial charge in [-0.2, -0.15) is 0 Å². The molecule has 0 atom stereocenters. The Morgan fingerprint density at radius 1 is 1.27 bits per heavy atom. The molecule has 1 rings (SSSR count). The Morgan fingerprint density at radius 2 is 1.80 bits per heavy atom. The van der Waals surface area contributed by atoms with E-state index < -0.39 is 15.1 Å². The Kier molecular flexibility index (Phi) is 3.23. The molecule has 0 radical (unpaired) electrons. The van der Waals surface area contributed by atoms with E-state index >= 15 is 0 Å². The van der Waals surface area contributed by atoms with Crippen LogP contribution in [-0.2, 0) is 9.84 Å². The third-order valence-corrected chi connectivity index (χ3v) is 4.39. The summed E-state index contributed by atoms with van der Waals surface area (Å²) in [6.07, 6.45) is 1.61. The zero-order valence-electron chi connectivity index (χ0n) is 9.85. The van der Waals surface area contributed by atoms with Crippen LogP contribution in [0.5, 0.6) is 0 Å². The molecule has 1 aromatic rings. The monoisotopic (exact) mass is 230 g/mol. The molecule has 15 heavy (non-hydrogen) atoms. The second kappa shape index (κ2) is 3.96. The van der Waals surface area contributed by atoms with Crippen LogP contribution in [0, 0.1) is 6.92 Å². The van der Waals surface area contributed by atoms with Gasteiger partial charge in [-0.3, -0.25) is 0 Å². The minimum atomic E-state index is -3.28. The summed E-state index contributed by atoms with van der Waals surface area (Å²) in [5, 5.41) is -0.248. The molecule has 0 saturated heterocycles. The van der Waals surface area contributed by atoms with Crippen molar-refractivity contribution in [1.82, 2.24) is 9.55 Å². The van der Waals surface area contributed by atoms with Gasteiger partial charge in [-0.25, -0.2) is 13.4 Å². The smallest absolute Gasteiger partial charge is 0.228 e. The van der Waals surface area contributed by atoms with E-state index in [0.717, 1.165) is 5.69 Å². The fourth-order valence-corrected chi connectivity index (χ4v) is 2.72. The van der Waals surface area contributed by atoms with Gasteiger partial charge in [0.25, 0.3) is 0 Å². The first-order valence-corrected chi connectivity index (χ1v) is 6.60. The lowest BCUT2D eigenvalue weighted by atomic mass is 10.4. The first-order chi connectivity index (χ1) is 6.78. The van der Waals surface area contributed by atoms with E-state index in [-0.39, 0.29) is 11.2 Å². The van der Waals surface area contributed by atoms with Gasteiger partial charge >= 0.3 is 0 Å². The molecule has 0 spiro atoms. The van der Waals surface area contributed by atoms with Gasteiger partial charge in [0.1, 0.15) is 0 Å². The molecule has 1 aromatic heterocycles. The van der Waals surface area contributed by atoms with Crippen molar-refractivity contribution < 1.29 is 8.42 Å². The average molecular weight is 230 g/mol. The summed E-state index contributed by atoms with van der Waals surface area (Å²) in [5.41, 5.74) is 0.879. The number of aryl methyl sites for hydroxylation is 1. The van der Waals surface area contributed by atoms with E-state index in [9.17, 15) is 8.42 Å². The maximum atomic E-state index is 12.0. The second-order valence-corrected chi connectivity index (χ2v) is 6.64. The molecule has 0 unspecified atom stereocenters. The van der Waals surface area contributed by atoms with Gasteiger partial charge in [-0.05, 0) is 34.6 Å². The van der Waals surface area contributed by atoms with E-state index in [2.05, 4.69) is 4.98 Å². The average Bonchev–Trinajstić information content (AvgIpc) is 2.47. The highest BCUT2D eigenvalue weighted by Gasteiger charge is 2.26. The largest absolute Gasteiger partial charge is 0.317 e. The summed E-state index contributed by atoms with van der Waals surface area (Å²) >= 11 is 0. The van der Waals surface area contributed by atoms with Gasteiger partial charge in [-0.15, -0.1) is 0 Å². The fourth-order valence-electron chi connectivity index (χ4n) is 1.47. The van der Waals surface area contributed by atoms with Crippen LogP contribution in [0.1, 0.15) is 39.4 Å². The lowest BCUT2D eigenvalue weighted by Gasteiger charge is -2.15. The summed E-state index contributed by atoms with van der Waals surface area (Å²) in [6.45, 7) is 9.11. The van der Waals surface area contributed by atoms with Gasteiger partial charge in [-0.1, -0.05) is 0 Å². The summed E-state index contributed by atoms with van der Waals surface area (Å²) < 4.78 is 25.7. The minimum absolute atomic E-state index is 0.107. The number of hydrogen-bond acceptors (Lipinski definition) is 3. The van der Waals surface area contributed by atoms with Crippen molar-refractivity contribution in [3.05, 3.63) is 11.9 Å². The van der Waals surface area contributed by atoms with Crippen molar-refractivity contribution >= 4 is 9.84 Å². The number of aromatic nitrogens is 2. The van der Waals surface area contributed by atoms with E-state index in [1.165, 1.54) is 0 Å². The third kappa shape index (κ3) is 2.07. The molecule has 0 aromatic carbocycles. The second-order valence-electron chi connectivity index (χ2n) is 4.24. The van der Waals surface area contributed by atoms with Gasteiger partial charge < -0.3 is 4.57 Å². The number of imidazole rings is 1. The van der Waals surface area contributed by atoms with E-state index in [4.69, 9.17) is 0 Å². The summed E-state index contributed by atoms with van der Waals surface area (Å²) in [4.78, 5) is 4.00. The van der Waals surface area contributed by atoms with Crippen molar-refractivity contribution in [3.8, 4) is 0 Å².